The standard InChI is InChI=1S/C15H27O4Si/c1-3-5-9-18-14(19-10-6-4-2)12-13(15(16)17)8-7-11-20/h12,14H,3-11H2,1-2H3,(H,16,17). The van der Waals surface area contributed by atoms with Gasteiger partial charge in [-0.25, -0.2) is 4.79 Å². The van der Waals surface area contributed by atoms with E-state index >= 15 is 0 Å². The Hall–Kier alpha value is -0.653. The third-order valence-electron chi connectivity index (χ3n) is 2.79. The second kappa shape index (κ2) is 13.3. The maximum atomic E-state index is 11.2. The van der Waals surface area contributed by atoms with Crippen LogP contribution in [0.1, 0.15) is 52.4 Å². The summed E-state index contributed by atoms with van der Waals surface area (Å²) in [6.45, 7) is 5.36. The third-order valence-corrected chi connectivity index (χ3v) is 3.15. The Kier molecular flexibility index (Phi) is 12.9. The third kappa shape index (κ3) is 10.2. The maximum Gasteiger partial charge on any atom is 0.331 e. The topological polar surface area (TPSA) is 55.8 Å². The van der Waals surface area contributed by atoms with Crippen LogP contribution < -0.4 is 0 Å². The Labute approximate surface area is 126 Å². The summed E-state index contributed by atoms with van der Waals surface area (Å²) in [4.78, 5) is 11.2. The van der Waals surface area contributed by atoms with E-state index in [2.05, 4.69) is 24.1 Å². The highest BCUT2D eigenvalue weighted by molar-refractivity contribution is 6.08. The molecule has 0 unspecified atom stereocenters. The van der Waals surface area contributed by atoms with Gasteiger partial charge >= 0.3 is 5.97 Å². The lowest BCUT2D eigenvalue weighted by Gasteiger charge is -2.16. The molecule has 0 bridgehead atoms. The normalized spacial score (nSPS) is 12.1. The molecule has 0 aliphatic rings. The average Bonchev–Trinajstić information content (AvgIpc) is 2.42. The first kappa shape index (κ1) is 19.3. The molecular weight excluding hydrogens is 272 g/mol. The largest absolute Gasteiger partial charge is 0.478 e. The quantitative estimate of drug-likeness (QED) is 0.245. The summed E-state index contributed by atoms with van der Waals surface area (Å²) in [6.07, 6.45) is 6.34. The fourth-order valence-corrected chi connectivity index (χ4v) is 1.71. The van der Waals surface area contributed by atoms with E-state index in [0.29, 0.717) is 25.2 Å². The fourth-order valence-electron chi connectivity index (χ4n) is 1.54. The van der Waals surface area contributed by atoms with Gasteiger partial charge in [-0.3, -0.25) is 0 Å². The van der Waals surface area contributed by atoms with Gasteiger partial charge < -0.3 is 14.6 Å². The van der Waals surface area contributed by atoms with E-state index in [9.17, 15) is 9.90 Å². The lowest BCUT2D eigenvalue weighted by Crippen LogP contribution is -2.18. The van der Waals surface area contributed by atoms with E-state index in [4.69, 9.17) is 9.47 Å². The number of carboxylic acids is 1. The molecule has 0 aromatic heterocycles. The molecule has 0 amide bonds. The van der Waals surface area contributed by atoms with Gasteiger partial charge in [0.05, 0.1) is 13.2 Å². The Morgan fingerprint density at radius 3 is 2.10 bits per heavy atom. The zero-order valence-electron chi connectivity index (χ0n) is 12.7. The number of carboxylic acid groups (broad SMARTS) is 1. The van der Waals surface area contributed by atoms with Crippen molar-refractivity contribution in [1.82, 2.24) is 0 Å². The van der Waals surface area contributed by atoms with E-state index < -0.39 is 12.3 Å². The van der Waals surface area contributed by atoms with E-state index in [1.54, 1.807) is 6.08 Å². The molecule has 0 heterocycles. The molecule has 5 heteroatoms. The first-order valence-corrected chi connectivity index (χ1v) is 8.18. The molecular formula is C15H27O4Si. The molecule has 0 saturated carbocycles. The van der Waals surface area contributed by atoms with Gasteiger partial charge in [-0.1, -0.05) is 39.2 Å². The number of rotatable bonds is 13. The van der Waals surface area contributed by atoms with Crippen molar-refractivity contribution in [2.24, 2.45) is 0 Å². The molecule has 3 radical (unpaired) electrons. The van der Waals surface area contributed by atoms with Gasteiger partial charge in [-0.15, -0.1) is 0 Å². The van der Waals surface area contributed by atoms with E-state index in [1.165, 1.54) is 0 Å². The molecule has 0 aromatic rings. The van der Waals surface area contributed by atoms with Crippen molar-refractivity contribution >= 4 is 16.2 Å². The number of carbonyl (C=O) groups is 1. The molecule has 0 rings (SSSR count). The van der Waals surface area contributed by atoms with Crippen LogP contribution in [0.4, 0.5) is 0 Å². The minimum Gasteiger partial charge on any atom is -0.478 e. The summed E-state index contributed by atoms with van der Waals surface area (Å²) in [7, 11) is 3.36. The van der Waals surface area contributed by atoms with Crippen molar-refractivity contribution in [3.8, 4) is 0 Å². The highest BCUT2D eigenvalue weighted by Crippen LogP contribution is 2.12. The molecule has 20 heavy (non-hydrogen) atoms. The average molecular weight is 299 g/mol. The smallest absolute Gasteiger partial charge is 0.331 e. The number of unbranched alkanes of at least 4 members (excludes halogenated alkanes) is 2. The second-order valence-electron chi connectivity index (χ2n) is 4.67. The van der Waals surface area contributed by atoms with Crippen molar-refractivity contribution < 1.29 is 19.4 Å². The number of hydrogen-bond donors (Lipinski definition) is 1. The molecule has 0 aliphatic heterocycles. The zero-order valence-corrected chi connectivity index (χ0v) is 13.7. The molecule has 0 fully saturated rings. The minimum absolute atomic E-state index is 0.362. The van der Waals surface area contributed by atoms with Crippen LogP contribution in [0.15, 0.2) is 11.6 Å². The van der Waals surface area contributed by atoms with Gasteiger partial charge in [0.25, 0.3) is 0 Å². The summed E-state index contributed by atoms with van der Waals surface area (Å²) in [5.74, 6) is -0.895. The molecule has 0 atom stereocenters. The van der Waals surface area contributed by atoms with Crippen LogP contribution in [-0.4, -0.2) is 40.8 Å². The lowest BCUT2D eigenvalue weighted by molar-refractivity contribution is -0.134. The highest BCUT2D eigenvalue weighted by Gasteiger charge is 2.12. The van der Waals surface area contributed by atoms with E-state index in [1.807, 2.05) is 0 Å². The first-order chi connectivity index (χ1) is 9.65. The molecule has 115 valence electrons. The summed E-state index contributed by atoms with van der Waals surface area (Å²) in [5.41, 5.74) is 0.362. The van der Waals surface area contributed by atoms with Gasteiger partial charge in [-0.05, 0) is 25.3 Å². The van der Waals surface area contributed by atoms with Gasteiger partial charge in [0, 0.05) is 15.8 Å². The zero-order chi connectivity index (χ0) is 15.2. The molecule has 4 nitrogen and oxygen atoms in total. The minimum atomic E-state index is -0.895. The molecule has 0 saturated heterocycles. The predicted octanol–water partition coefficient (Wildman–Crippen LogP) is 3.32. The van der Waals surface area contributed by atoms with E-state index in [-0.39, 0.29) is 0 Å². The number of hydrogen-bond acceptors (Lipinski definition) is 3. The van der Waals surface area contributed by atoms with Crippen LogP contribution >= 0.6 is 0 Å². The number of aliphatic carboxylic acids is 1. The van der Waals surface area contributed by atoms with Crippen LogP contribution in [0.2, 0.25) is 6.04 Å². The van der Waals surface area contributed by atoms with E-state index in [0.717, 1.165) is 38.1 Å². The molecule has 1 N–H and O–H groups in total. The van der Waals surface area contributed by atoms with Crippen molar-refractivity contribution in [3.63, 3.8) is 0 Å². The Morgan fingerprint density at radius 1 is 1.15 bits per heavy atom. The Balaban J connectivity index is 4.54. The van der Waals surface area contributed by atoms with Crippen molar-refractivity contribution in [2.45, 2.75) is 64.7 Å². The van der Waals surface area contributed by atoms with Crippen molar-refractivity contribution in [2.75, 3.05) is 13.2 Å². The SMILES string of the molecule is CCCCOC(C=C(CCC[Si])C(=O)O)OCCCC. The summed E-state index contributed by atoms with van der Waals surface area (Å²) < 4.78 is 11.2. The van der Waals surface area contributed by atoms with Crippen LogP contribution in [0.3, 0.4) is 0 Å². The van der Waals surface area contributed by atoms with Crippen LogP contribution in [0.25, 0.3) is 0 Å². The maximum absolute atomic E-state index is 11.2. The van der Waals surface area contributed by atoms with Gasteiger partial charge in [-0.2, -0.15) is 0 Å². The van der Waals surface area contributed by atoms with Crippen LogP contribution in [-0.2, 0) is 14.3 Å². The molecule has 0 aliphatic carbocycles. The van der Waals surface area contributed by atoms with Gasteiger partial charge in [0.2, 0.25) is 0 Å². The van der Waals surface area contributed by atoms with Gasteiger partial charge in [0.1, 0.15) is 0 Å². The molecule has 0 aromatic carbocycles. The van der Waals surface area contributed by atoms with Crippen LogP contribution in [0, 0.1) is 0 Å². The summed E-state index contributed by atoms with van der Waals surface area (Å²) in [5, 5.41) is 9.20. The first-order valence-electron chi connectivity index (χ1n) is 7.47. The number of ether oxygens (including phenoxy) is 2. The van der Waals surface area contributed by atoms with Gasteiger partial charge in [0.15, 0.2) is 6.29 Å². The Morgan fingerprint density at radius 2 is 1.70 bits per heavy atom. The summed E-state index contributed by atoms with van der Waals surface area (Å²) in [6, 6.07) is 0.780. The second-order valence-corrected chi connectivity index (χ2v) is 5.17. The fraction of sp³-hybridized carbons (Fsp3) is 0.800. The van der Waals surface area contributed by atoms with Crippen LogP contribution in [0.5, 0.6) is 0 Å². The lowest BCUT2D eigenvalue weighted by atomic mass is 10.1. The summed E-state index contributed by atoms with van der Waals surface area (Å²) >= 11 is 0. The monoisotopic (exact) mass is 299 g/mol. The van der Waals surface area contributed by atoms with Crippen molar-refractivity contribution in [3.05, 3.63) is 11.6 Å². The highest BCUT2D eigenvalue weighted by atomic mass is 28.1. The predicted molar refractivity (Wildman–Crippen MR) is 81.0 cm³/mol. The molecule has 0 spiro atoms. The Bertz CT molecular complexity index is 269. The van der Waals surface area contributed by atoms with Crippen molar-refractivity contribution in [1.29, 1.82) is 0 Å².